The molecule has 0 radical (unpaired) electrons. The molecule has 0 aliphatic carbocycles. The first-order valence-corrected chi connectivity index (χ1v) is 10.2. The predicted octanol–water partition coefficient (Wildman–Crippen LogP) is 4.71. The smallest absolute Gasteiger partial charge is 0.345 e. The maximum absolute atomic E-state index is 11.9. The van der Waals surface area contributed by atoms with E-state index in [2.05, 4.69) is 15.2 Å². The van der Waals surface area contributed by atoms with E-state index in [0.29, 0.717) is 18.2 Å². The number of nitrogens with zero attached hydrogens (tertiary/aromatic N) is 2. The standard InChI is InChI=1S/C24H23N3O5/c1-3-29-24(28)20-13-25-27-23(20)31-14-17-9-11-19(12-10-17)30-15-21-16(2)32-22(26-21)18-7-5-4-6-8-18/h4-13H,3,14-15H2,1-2H3,(H,25,27). The van der Waals surface area contributed by atoms with E-state index in [-0.39, 0.29) is 24.7 Å². The lowest BCUT2D eigenvalue weighted by atomic mass is 10.2. The fourth-order valence-corrected chi connectivity index (χ4v) is 2.99. The Morgan fingerprint density at radius 2 is 1.81 bits per heavy atom. The van der Waals surface area contributed by atoms with E-state index in [1.54, 1.807) is 6.92 Å². The van der Waals surface area contributed by atoms with Crippen LogP contribution >= 0.6 is 0 Å². The number of aromatic amines is 1. The molecule has 32 heavy (non-hydrogen) atoms. The van der Waals surface area contributed by atoms with Crippen molar-refractivity contribution in [1.82, 2.24) is 15.2 Å². The van der Waals surface area contributed by atoms with Gasteiger partial charge in [-0.1, -0.05) is 30.3 Å². The summed E-state index contributed by atoms with van der Waals surface area (Å²) in [6.45, 7) is 4.46. The molecule has 1 N–H and O–H groups in total. The van der Waals surface area contributed by atoms with Gasteiger partial charge in [-0.2, -0.15) is 5.10 Å². The molecule has 0 aliphatic heterocycles. The monoisotopic (exact) mass is 433 g/mol. The van der Waals surface area contributed by atoms with Crippen LogP contribution in [0.3, 0.4) is 0 Å². The van der Waals surface area contributed by atoms with Crippen LogP contribution < -0.4 is 9.47 Å². The van der Waals surface area contributed by atoms with Crippen molar-refractivity contribution in [3.05, 3.63) is 83.4 Å². The van der Waals surface area contributed by atoms with Crippen molar-refractivity contribution in [3.63, 3.8) is 0 Å². The first-order chi connectivity index (χ1) is 15.6. The highest BCUT2D eigenvalue weighted by Gasteiger charge is 2.16. The molecular formula is C24H23N3O5. The second-order valence-corrected chi connectivity index (χ2v) is 6.94. The average Bonchev–Trinajstić information content (AvgIpc) is 3.44. The summed E-state index contributed by atoms with van der Waals surface area (Å²) in [5.41, 5.74) is 2.85. The van der Waals surface area contributed by atoms with Crippen molar-refractivity contribution in [3.8, 4) is 23.1 Å². The quantitative estimate of drug-likeness (QED) is 0.382. The van der Waals surface area contributed by atoms with Gasteiger partial charge in [-0.3, -0.25) is 0 Å². The Labute approximate surface area is 185 Å². The lowest BCUT2D eigenvalue weighted by molar-refractivity contribution is 0.0521. The molecule has 0 spiro atoms. The maximum atomic E-state index is 11.9. The molecule has 0 unspecified atom stereocenters. The Morgan fingerprint density at radius 1 is 1.03 bits per heavy atom. The third kappa shape index (κ3) is 4.97. The van der Waals surface area contributed by atoms with Gasteiger partial charge in [0.2, 0.25) is 11.8 Å². The zero-order valence-corrected chi connectivity index (χ0v) is 17.8. The molecule has 8 nitrogen and oxygen atoms in total. The molecule has 2 heterocycles. The fraction of sp³-hybridized carbons (Fsp3) is 0.208. The Hall–Kier alpha value is -4.07. The number of carbonyl (C=O) groups is 1. The number of nitrogens with one attached hydrogen (secondary N) is 1. The first-order valence-electron chi connectivity index (χ1n) is 10.2. The summed E-state index contributed by atoms with van der Waals surface area (Å²) in [5, 5.41) is 6.52. The normalized spacial score (nSPS) is 10.7. The SMILES string of the molecule is CCOC(=O)c1cn[nH]c1OCc1ccc(OCc2nc(-c3ccccc3)oc2C)cc1. The number of hydrogen-bond acceptors (Lipinski definition) is 7. The number of oxazole rings is 1. The molecule has 0 saturated carbocycles. The summed E-state index contributed by atoms with van der Waals surface area (Å²) in [7, 11) is 0. The van der Waals surface area contributed by atoms with Crippen molar-refractivity contribution >= 4 is 5.97 Å². The van der Waals surface area contributed by atoms with Gasteiger partial charge in [0, 0.05) is 5.56 Å². The summed E-state index contributed by atoms with van der Waals surface area (Å²) in [6, 6.07) is 17.2. The van der Waals surface area contributed by atoms with Crippen LogP contribution in [0.2, 0.25) is 0 Å². The van der Waals surface area contributed by atoms with E-state index in [4.69, 9.17) is 18.6 Å². The Morgan fingerprint density at radius 3 is 2.56 bits per heavy atom. The van der Waals surface area contributed by atoms with Crippen molar-refractivity contribution < 1.29 is 23.4 Å². The van der Waals surface area contributed by atoms with Crippen LogP contribution in [0.15, 0.2) is 65.2 Å². The Bertz CT molecular complexity index is 1170. The molecule has 4 rings (SSSR count). The van der Waals surface area contributed by atoms with Gasteiger partial charge in [-0.25, -0.2) is 14.9 Å². The lowest BCUT2D eigenvalue weighted by Crippen LogP contribution is -2.06. The number of aryl methyl sites for hydroxylation is 1. The maximum Gasteiger partial charge on any atom is 0.345 e. The summed E-state index contributed by atoms with van der Waals surface area (Å²) in [6.07, 6.45) is 1.39. The Balaban J connectivity index is 1.33. The van der Waals surface area contributed by atoms with E-state index in [1.165, 1.54) is 6.20 Å². The summed E-state index contributed by atoms with van der Waals surface area (Å²) >= 11 is 0. The molecule has 0 aliphatic rings. The van der Waals surface area contributed by atoms with Crippen LogP contribution in [0.5, 0.6) is 11.6 Å². The molecule has 0 atom stereocenters. The summed E-state index contributed by atoms with van der Waals surface area (Å²) < 4.78 is 22.3. The molecule has 4 aromatic rings. The predicted molar refractivity (Wildman–Crippen MR) is 116 cm³/mol. The zero-order valence-electron chi connectivity index (χ0n) is 17.8. The van der Waals surface area contributed by atoms with E-state index in [0.717, 1.165) is 22.6 Å². The van der Waals surface area contributed by atoms with Crippen molar-refractivity contribution in [2.24, 2.45) is 0 Å². The number of ether oxygens (including phenoxy) is 3. The van der Waals surface area contributed by atoms with Gasteiger partial charge in [0.25, 0.3) is 0 Å². The first kappa shape index (κ1) is 21.2. The van der Waals surface area contributed by atoms with Crippen LogP contribution in [0.25, 0.3) is 11.5 Å². The lowest BCUT2D eigenvalue weighted by Gasteiger charge is -2.08. The van der Waals surface area contributed by atoms with Crippen LogP contribution in [0, 0.1) is 6.92 Å². The third-order valence-electron chi connectivity index (χ3n) is 4.70. The molecule has 164 valence electrons. The topological polar surface area (TPSA) is 99.5 Å². The molecule has 0 amide bonds. The second kappa shape index (κ2) is 9.82. The highest BCUT2D eigenvalue weighted by atomic mass is 16.5. The molecular weight excluding hydrogens is 410 g/mol. The number of H-pyrrole nitrogens is 1. The van der Waals surface area contributed by atoms with Crippen LogP contribution in [-0.2, 0) is 18.0 Å². The average molecular weight is 433 g/mol. The van der Waals surface area contributed by atoms with Gasteiger partial charge in [0.15, 0.2) is 0 Å². The number of rotatable bonds is 9. The van der Waals surface area contributed by atoms with E-state index in [1.807, 2.05) is 61.5 Å². The van der Waals surface area contributed by atoms with Gasteiger partial charge in [-0.05, 0) is 43.7 Å². The minimum Gasteiger partial charge on any atom is -0.487 e. The van der Waals surface area contributed by atoms with E-state index >= 15 is 0 Å². The van der Waals surface area contributed by atoms with Gasteiger partial charge in [0.1, 0.15) is 36.0 Å². The van der Waals surface area contributed by atoms with E-state index in [9.17, 15) is 4.79 Å². The molecule has 0 saturated heterocycles. The molecule has 0 bridgehead atoms. The molecule has 8 heteroatoms. The zero-order chi connectivity index (χ0) is 22.3. The highest BCUT2D eigenvalue weighted by Crippen LogP contribution is 2.23. The number of esters is 1. The van der Waals surface area contributed by atoms with Crippen LogP contribution in [0.4, 0.5) is 0 Å². The minimum atomic E-state index is -0.474. The number of hydrogen-bond donors (Lipinski definition) is 1. The summed E-state index contributed by atoms with van der Waals surface area (Å²) in [4.78, 5) is 16.4. The molecule has 2 aromatic heterocycles. The number of aromatic nitrogens is 3. The highest BCUT2D eigenvalue weighted by molar-refractivity contribution is 5.91. The number of carbonyl (C=O) groups excluding carboxylic acids is 1. The van der Waals surface area contributed by atoms with Crippen LogP contribution in [0.1, 0.15) is 34.3 Å². The van der Waals surface area contributed by atoms with Gasteiger partial charge < -0.3 is 18.6 Å². The molecule has 0 fully saturated rings. The van der Waals surface area contributed by atoms with Crippen molar-refractivity contribution in [1.29, 1.82) is 0 Å². The van der Waals surface area contributed by atoms with Gasteiger partial charge in [-0.15, -0.1) is 0 Å². The third-order valence-corrected chi connectivity index (χ3v) is 4.70. The second-order valence-electron chi connectivity index (χ2n) is 6.94. The minimum absolute atomic E-state index is 0.262. The molecule has 2 aromatic carbocycles. The van der Waals surface area contributed by atoms with E-state index < -0.39 is 5.97 Å². The van der Waals surface area contributed by atoms with Gasteiger partial charge >= 0.3 is 5.97 Å². The fourth-order valence-electron chi connectivity index (χ4n) is 2.99. The summed E-state index contributed by atoms with van der Waals surface area (Å²) in [5.74, 6) is 1.81. The van der Waals surface area contributed by atoms with Crippen molar-refractivity contribution in [2.45, 2.75) is 27.1 Å². The largest absolute Gasteiger partial charge is 0.487 e. The Kier molecular flexibility index (Phi) is 6.50. The van der Waals surface area contributed by atoms with Crippen molar-refractivity contribution in [2.75, 3.05) is 6.61 Å². The van der Waals surface area contributed by atoms with Crippen LogP contribution in [-0.4, -0.2) is 27.8 Å². The van der Waals surface area contributed by atoms with Gasteiger partial charge in [0.05, 0.1) is 12.8 Å². The number of benzene rings is 2.